The first kappa shape index (κ1) is 16.2. The predicted octanol–water partition coefficient (Wildman–Crippen LogP) is -0.963. The minimum absolute atomic E-state index is 1.08. The van der Waals surface area contributed by atoms with Gasteiger partial charge in [-0.15, -0.1) is 0 Å². The van der Waals surface area contributed by atoms with Crippen molar-refractivity contribution in [2.75, 3.05) is 0 Å². The summed E-state index contributed by atoms with van der Waals surface area (Å²) in [5.41, 5.74) is 3.11. The van der Waals surface area contributed by atoms with Gasteiger partial charge in [0, 0.05) is 0 Å². The number of carbonyl (C=O) groups is 2. The Morgan fingerprint density at radius 3 is 1.47 bits per heavy atom. The topological polar surface area (TPSA) is 243 Å². The summed E-state index contributed by atoms with van der Waals surface area (Å²) in [6.45, 7) is 0. The summed E-state index contributed by atoms with van der Waals surface area (Å²) in [6, 6.07) is -2.17. The highest BCUT2D eigenvalue weighted by Gasteiger charge is 2.04. The molecule has 17 heteroatoms. The maximum absolute atomic E-state index is 10.9. The number of nitrogens with two attached hydrogens (primary N) is 2. The van der Waals surface area contributed by atoms with Crippen molar-refractivity contribution >= 4 is 22.3 Å². The molecule has 0 bridgehead atoms. The summed E-state index contributed by atoms with van der Waals surface area (Å²) in [5, 5.41) is 16.0. The Morgan fingerprint density at radius 2 is 1.16 bits per heavy atom. The third-order valence-electron chi connectivity index (χ3n) is 0.877. The zero-order valence-electron chi connectivity index (χ0n) is 8.77. The molecular formula is C2H6N12O4S. The van der Waals surface area contributed by atoms with Crippen LogP contribution < -0.4 is 22.5 Å². The van der Waals surface area contributed by atoms with E-state index in [4.69, 9.17) is 0 Å². The molecule has 0 aromatic rings. The molecule has 4 amide bonds. The van der Waals surface area contributed by atoms with Gasteiger partial charge in [-0.1, -0.05) is 10.2 Å². The molecule has 0 saturated heterocycles. The number of amides is 4. The van der Waals surface area contributed by atoms with Crippen LogP contribution in [-0.2, 0) is 10.2 Å². The second kappa shape index (κ2) is 8.32. The molecular weight excluding hydrogens is 288 g/mol. The van der Waals surface area contributed by atoms with Gasteiger partial charge in [-0.3, -0.25) is 10.9 Å². The average Bonchev–Trinajstić information content (AvgIpc) is 2.39. The lowest BCUT2D eigenvalue weighted by Crippen LogP contribution is -2.26. The first-order valence-corrected chi connectivity index (χ1v) is 5.23. The molecule has 0 aliphatic rings. The number of hydrogen-bond donors (Lipinski definition) is 4. The van der Waals surface area contributed by atoms with E-state index in [0.29, 0.717) is 0 Å². The highest BCUT2D eigenvalue weighted by atomic mass is 32.2. The lowest BCUT2D eigenvalue weighted by atomic mass is 11.1. The van der Waals surface area contributed by atoms with Crippen LogP contribution >= 0.6 is 0 Å². The number of urea groups is 2. The molecule has 0 heterocycles. The summed E-state index contributed by atoms with van der Waals surface area (Å²) in [6.07, 6.45) is 0. The first-order chi connectivity index (χ1) is 8.91. The molecule has 0 aliphatic heterocycles. The molecule has 16 nitrogen and oxygen atoms in total. The van der Waals surface area contributed by atoms with Crippen LogP contribution in [0.1, 0.15) is 0 Å². The molecule has 0 atom stereocenters. The lowest BCUT2D eigenvalue weighted by Gasteiger charge is -1.84. The van der Waals surface area contributed by atoms with Crippen LogP contribution in [0.15, 0.2) is 40.2 Å². The predicted molar refractivity (Wildman–Crippen MR) is 53.8 cm³/mol. The van der Waals surface area contributed by atoms with Gasteiger partial charge >= 0.3 is 22.3 Å². The molecule has 0 spiro atoms. The molecule has 19 heavy (non-hydrogen) atoms. The van der Waals surface area contributed by atoms with Gasteiger partial charge in [-0.2, -0.15) is 8.42 Å². The fourth-order valence-corrected chi connectivity index (χ4v) is 0.603. The third kappa shape index (κ3) is 8.96. The summed E-state index contributed by atoms with van der Waals surface area (Å²) in [7, 11) is -4.51. The number of carbonyl (C=O) groups excluding carboxylic acids is 2. The van der Waals surface area contributed by atoms with Gasteiger partial charge in [-0.25, -0.2) is 21.3 Å². The van der Waals surface area contributed by atoms with Crippen molar-refractivity contribution in [3.8, 4) is 0 Å². The first-order valence-electron chi connectivity index (χ1n) is 3.83. The van der Waals surface area contributed by atoms with E-state index in [9.17, 15) is 18.0 Å². The van der Waals surface area contributed by atoms with E-state index in [0.717, 1.165) is 0 Å². The molecule has 0 saturated carbocycles. The normalized spacial score (nSPS) is 12.7. The lowest BCUT2D eigenvalue weighted by molar-refractivity contribution is 0.247. The zero-order valence-corrected chi connectivity index (χ0v) is 9.59. The average molecular weight is 294 g/mol. The molecule has 0 unspecified atom stereocenters. The molecule has 6 N–H and O–H groups in total. The zero-order chi connectivity index (χ0) is 14.7. The van der Waals surface area contributed by atoms with E-state index in [2.05, 4.69) is 51.8 Å². The number of hydrazine groups is 2. The molecule has 0 aliphatic carbocycles. The number of hydrogen-bond acceptors (Lipinski definition) is 6. The van der Waals surface area contributed by atoms with E-state index in [1.54, 1.807) is 10.9 Å². The van der Waals surface area contributed by atoms with Crippen molar-refractivity contribution in [3.63, 3.8) is 0 Å². The second-order valence-electron chi connectivity index (χ2n) is 2.07. The number of nitrogens with one attached hydrogen (secondary N) is 2. The van der Waals surface area contributed by atoms with Crippen LogP contribution in [0, 0.1) is 0 Å². The van der Waals surface area contributed by atoms with Crippen LogP contribution in [0.4, 0.5) is 9.59 Å². The molecule has 0 rings (SSSR count). The molecule has 0 fully saturated rings. The van der Waals surface area contributed by atoms with Gasteiger partial charge < -0.3 is 0 Å². The van der Waals surface area contributed by atoms with Crippen LogP contribution in [-0.4, -0.2) is 20.5 Å². The van der Waals surface area contributed by atoms with Gasteiger partial charge in [0.15, 0.2) is 0 Å². The van der Waals surface area contributed by atoms with Gasteiger partial charge in [0.1, 0.15) is 0 Å². The second-order valence-corrected chi connectivity index (χ2v) is 3.29. The maximum atomic E-state index is 10.9. The summed E-state index contributed by atoms with van der Waals surface area (Å²) < 4.78 is 26.8. The van der Waals surface area contributed by atoms with Crippen LogP contribution in [0.3, 0.4) is 0 Å². The largest absolute Gasteiger partial charge is 0.401 e. The standard InChI is InChI=1S/C2H6N12O4S/c3-5-1(15)7-9-11-13-19(17,18)14-12-10-8-2(16)6-4/h3-4H2,(H,5,15)(H,6,16). The molecule has 0 aromatic carbocycles. The highest BCUT2D eigenvalue weighted by Crippen LogP contribution is 1.98. The van der Waals surface area contributed by atoms with E-state index >= 15 is 0 Å². The van der Waals surface area contributed by atoms with Crippen molar-refractivity contribution in [2.24, 2.45) is 51.8 Å². The van der Waals surface area contributed by atoms with Crippen molar-refractivity contribution < 1.29 is 18.0 Å². The van der Waals surface area contributed by atoms with Crippen molar-refractivity contribution in [1.29, 1.82) is 0 Å². The van der Waals surface area contributed by atoms with Crippen molar-refractivity contribution in [3.05, 3.63) is 0 Å². The number of rotatable bonds is 4. The third-order valence-corrected chi connectivity index (χ3v) is 1.44. The maximum Gasteiger partial charge on any atom is 0.401 e. The molecule has 104 valence electrons. The molecule has 0 aromatic heterocycles. The van der Waals surface area contributed by atoms with E-state index in [-0.39, 0.29) is 0 Å². The Bertz CT molecular complexity index is 486. The smallest absolute Gasteiger partial charge is 0.273 e. The summed E-state index contributed by atoms with van der Waals surface area (Å²) in [5.74, 6) is 9.23. The highest BCUT2D eigenvalue weighted by molar-refractivity contribution is 7.88. The minimum Gasteiger partial charge on any atom is -0.273 e. The Morgan fingerprint density at radius 1 is 0.789 bits per heavy atom. The number of nitrogens with zero attached hydrogens (tertiary/aromatic N) is 8. The van der Waals surface area contributed by atoms with E-state index in [1.165, 1.54) is 0 Å². The molecule has 0 radical (unpaired) electrons. The van der Waals surface area contributed by atoms with E-state index in [1.807, 2.05) is 0 Å². The fourth-order valence-electron chi connectivity index (χ4n) is 0.320. The summed E-state index contributed by atoms with van der Waals surface area (Å²) >= 11 is 0. The Kier molecular flexibility index (Phi) is 7.10. The fraction of sp³-hybridized carbons (Fsp3) is 0. The van der Waals surface area contributed by atoms with Crippen LogP contribution in [0.2, 0.25) is 0 Å². The van der Waals surface area contributed by atoms with Gasteiger partial charge in [0.2, 0.25) is 0 Å². The monoisotopic (exact) mass is 294 g/mol. The summed E-state index contributed by atoms with van der Waals surface area (Å²) in [4.78, 5) is 20.7. The van der Waals surface area contributed by atoms with Crippen LogP contribution in [0.5, 0.6) is 0 Å². The van der Waals surface area contributed by atoms with Gasteiger partial charge in [-0.05, 0) is 29.9 Å². The minimum atomic E-state index is -4.51. The SMILES string of the molecule is NNC(=O)N=NN=NS(=O)(=O)N=NN=NC(=O)NN. The van der Waals surface area contributed by atoms with Crippen molar-refractivity contribution in [1.82, 2.24) is 10.9 Å². The van der Waals surface area contributed by atoms with E-state index < -0.39 is 22.3 Å². The van der Waals surface area contributed by atoms with Gasteiger partial charge in [0.05, 0.1) is 0 Å². The van der Waals surface area contributed by atoms with Crippen molar-refractivity contribution in [2.45, 2.75) is 0 Å². The quantitative estimate of drug-likeness (QED) is 0.219. The Balaban J connectivity index is 4.49. The van der Waals surface area contributed by atoms with Crippen LogP contribution in [0.25, 0.3) is 0 Å². The van der Waals surface area contributed by atoms with Gasteiger partial charge in [0.25, 0.3) is 0 Å². The Hall–Kier alpha value is -2.79. The Labute approximate surface area is 104 Å².